The van der Waals surface area contributed by atoms with Crippen molar-refractivity contribution in [3.05, 3.63) is 39.9 Å². The van der Waals surface area contributed by atoms with Crippen LogP contribution < -0.4 is 4.72 Å². The number of nitrogens with one attached hydrogen (secondary N) is 1. The highest BCUT2D eigenvalue weighted by atomic mass is 35.5. The van der Waals surface area contributed by atoms with Gasteiger partial charge in [-0.25, -0.2) is 13.4 Å². The van der Waals surface area contributed by atoms with Crippen LogP contribution in [0, 0.1) is 11.3 Å². The zero-order valence-electron chi connectivity index (χ0n) is 10.3. The molecule has 0 bridgehead atoms. The third-order valence-electron chi connectivity index (χ3n) is 2.33. The van der Waals surface area contributed by atoms with Crippen molar-refractivity contribution in [2.75, 3.05) is 4.72 Å². The molecule has 1 aromatic carbocycles. The van der Waals surface area contributed by atoms with Gasteiger partial charge >= 0.3 is 6.18 Å². The minimum atomic E-state index is -4.85. The van der Waals surface area contributed by atoms with E-state index in [1.54, 1.807) is 0 Å². The summed E-state index contributed by atoms with van der Waals surface area (Å²) in [5.74, 6) is 0. The molecule has 0 aliphatic heterocycles. The Labute approximate surface area is 132 Å². The number of nitrogens with zero attached hydrogens (tertiary/aromatic N) is 2. The van der Waals surface area contributed by atoms with E-state index in [4.69, 9.17) is 16.9 Å². The molecule has 11 heteroatoms. The molecule has 1 N–H and O–H groups in total. The predicted octanol–water partition coefficient (Wildman–Crippen LogP) is 3.49. The molecular weight excluding hydrogens is 363 g/mol. The highest BCUT2D eigenvalue weighted by molar-refractivity contribution is 7.93. The number of alkyl halides is 3. The number of rotatable bonds is 3. The van der Waals surface area contributed by atoms with Crippen molar-refractivity contribution in [1.29, 1.82) is 5.26 Å². The summed E-state index contributed by atoms with van der Waals surface area (Å²) in [6, 6.07) is 6.51. The zero-order chi connectivity index (χ0) is 16.5. The lowest BCUT2D eigenvalue weighted by molar-refractivity contribution is -0.140. The Morgan fingerprint density at radius 1 is 1.36 bits per heavy atom. The fourth-order valence-corrected chi connectivity index (χ4v) is 3.76. The Morgan fingerprint density at radius 3 is 2.55 bits per heavy atom. The van der Waals surface area contributed by atoms with Crippen LogP contribution in [-0.2, 0) is 16.2 Å². The maximum atomic E-state index is 12.7. The number of benzene rings is 1. The van der Waals surface area contributed by atoms with Gasteiger partial charge in [0, 0.05) is 5.02 Å². The van der Waals surface area contributed by atoms with Crippen molar-refractivity contribution in [2.24, 2.45) is 0 Å². The van der Waals surface area contributed by atoms with Gasteiger partial charge in [0.05, 0.1) is 4.90 Å². The highest BCUT2D eigenvalue weighted by Gasteiger charge is 2.38. The van der Waals surface area contributed by atoms with E-state index in [0.29, 0.717) is 11.3 Å². The topological polar surface area (TPSA) is 82.9 Å². The van der Waals surface area contributed by atoms with E-state index < -0.39 is 31.9 Å². The number of thiazole rings is 1. The van der Waals surface area contributed by atoms with Crippen molar-refractivity contribution in [3.8, 4) is 6.07 Å². The molecule has 0 saturated carbocycles. The van der Waals surface area contributed by atoms with Gasteiger partial charge in [-0.15, -0.1) is 0 Å². The van der Waals surface area contributed by atoms with E-state index in [1.165, 1.54) is 24.3 Å². The van der Waals surface area contributed by atoms with Crippen LogP contribution in [0.25, 0.3) is 0 Å². The molecule has 1 heterocycles. The quantitative estimate of drug-likeness (QED) is 0.900. The standard InChI is InChI=1S/C11H5ClF3N3O2S2/c12-6-2-1-3-7(4-6)22(19,20)18-10-17-9(11(13,14)15)8(5-16)21-10/h1-4H,(H,17,18). The molecule has 116 valence electrons. The predicted molar refractivity (Wildman–Crippen MR) is 74.1 cm³/mol. The smallest absolute Gasteiger partial charge is 0.255 e. The van der Waals surface area contributed by atoms with Crippen LogP contribution in [0.2, 0.25) is 5.02 Å². The third-order valence-corrected chi connectivity index (χ3v) is 4.90. The lowest BCUT2D eigenvalue weighted by Gasteiger charge is -2.05. The monoisotopic (exact) mass is 367 g/mol. The van der Waals surface area contributed by atoms with Crippen LogP contribution in [-0.4, -0.2) is 13.4 Å². The van der Waals surface area contributed by atoms with Crippen molar-refractivity contribution >= 4 is 38.1 Å². The summed E-state index contributed by atoms with van der Waals surface area (Å²) in [5.41, 5.74) is -1.43. The zero-order valence-corrected chi connectivity index (χ0v) is 12.7. The maximum absolute atomic E-state index is 12.7. The lowest BCUT2D eigenvalue weighted by Crippen LogP contribution is -2.13. The molecule has 0 unspecified atom stereocenters. The molecule has 0 spiro atoms. The summed E-state index contributed by atoms with van der Waals surface area (Å²) in [7, 11) is -4.16. The minimum absolute atomic E-state index is 0.149. The van der Waals surface area contributed by atoms with Gasteiger partial charge in [0.25, 0.3) is 10.0 Å². The summed E-state index contributed by atoms with van der Waals surface area (Å²) in [6.07, 6.45) is -4.85. The first-order valence-electron chi connectivity index (χ1n) is 5.40. The molecule has 0 amide bonds. The number of hydrogen-bond acceptors (Lipinski definition) is 5. The van der Waals surface area contributed by atoms with E-state index in [1.807, 2.05) is 4.72 Å². The molecule has 22 heavy (non-hydrogen) atoms. The molecule has 0 aliphatic carbocycles. The largest absolute Gasteiger partial charge is 0.435 e. The van der Waals surface area contributed by atoms with Gasteiger partial charge in [-0.2, -0.15) is 18.4 Å². The Balaban J connectivity index is 2.39. The van der Waals surface area contributed by atoms with E-state index in [0.717, 1.165) is 6.07 Å². The lowest BCUT2D eigenvalue weighted by atomic mass is 10.4. The average molecular weight is 368 g/mol. The van der Waals surface area contributed by atoms with Crippen molar-refractivity contribution in [3.63, 3.8) is 0 Å². The second-order valence-electron chi connectivity index (χ2n) is 3.87. The van der Waals surface area contributed by atoms with Crippen LogP contribution >= 0.6 is 22.9 Å². The number of anilines is 1. The fourth-order valence-electron chi connectivity index (χ4n) is 1.44. The first-order chi connectivity index (χ1) is 10.1. The first-order valence-corrected chi connectivity index (χ1v) is 8.08. The molecule has 0 saturated heterocycles. The van der Waals surface area contributed by atoms with Crippen molar-refractivity contribution in [2.45, 2.75) is 11.1 Å². The Morgan fingerprint density at radius 2 is 2.05 bits per heavy atom. The number of nitriles is 1. The fraction of sp³-hybridized carbons (Fsp3) is 0.0909. The van der Waals surface area contributed by atoms with Crippen LogP contribution in [0.3, 0.4) is 0 Å². The minimum Gasteiger partial charge on any atom is -0.255 e. The molecule has 2 aromatic rings. The third kappa shape index (κ3) is 3.49. The average Bonchev–Trinajstić information content (AvgIpc) is 2.81. The van der Waals surface area contributed by atoms with Gasteiger partial charge < -0.3 is 0 Å². The van der Waals surface area contributed by atoms with Crippen molar-refractivity contribution < 1.29 is 21.6 Å². The Hall–Kier alpha value is -1.83. The number of sulfonamides is 1. The molecule has 0 atom stereocenters. The summed E-state index contributed by atoms with van der Waals surface area (Å²) >= 11 is 5.97. The SMILES string of the molecule is N#Cc1sc(NS(=O)(=O)c2cccc(Cl)c2)nc1C(F)(F)F. The van der Waals surface area contributed by atoms with Gasteiger partial charge in [0.1, 0.15) is 10.9 Å². The van der Waals surface area contributed by atoms with Crippen molar-refractivity contribution in [1.82, 2.24) is 4.98 Å². The highest BCUT2D eigenvalue weighted by Crippen LogP contribution is 2.36. The summed E-state index contributed by atoms with van der Waals surface area (Å²) in [6.45, 7) is 0. The van der Waals surface area contributed by atoms with Gasteiger partial charge in [0.15, 0.2) is 10.8 Å². The number of aromatic nitrogens is 1. The molecule has 0 aliphatic rings. The normalized spacial score (nSPS) is 12.0. The maximum Gasteiger partial charge on any atom is 0.435 e. The van der Waals surface area contributed by atoms with Gasteiger partial charge in [-0.3, -0.25) is 4.72 Å². The molecule has 0 radical (unpaired) electrons. The van der Waals surface area contributed by atoms with Crippen LogP contribution in [0.1, 0.15) is 10.6 Å². The Bertz CT molecular complexity index is 856. The summed E-state index contributed by atoms with van der Waals surface area (Å²) in [4.78, 5) is 2.17. The molecule has 1 aromatic heterocycles. The van der Waals surface area contributed by atoms with Gasteiger partial charge in [-0.05, 0) is 18.2 Å². The van der Waals surface area contributed by atoms with Crippen LogP contribution in [0.4, 0.5) is 18.3 Å². The van der Waals surface area contributed by atoms with Gasteiger partial charge in [-0.1, -0.05) is 29.0 Å². The Kier molecular flexibility index (Phi) is 4.32. The second-order valence-corrected chi connectivity index (χ2v) is 6.99. The number of hydrogen-bond donors (Lipinski definition) is 1. The molecule has 2 rings (SSSR count). The molecular formula is C11H5ClF3N3O2S2. The molecule has 0 fully saturated rings. The van der Waals surface area contributed by atoms with E-state index in [2.05, 4.69) is 4.98 Å². The molecule has 5 nitrogen and oxygen atoms in total. The van der Waals surface area contributed by atoms with E-state index >= 15 is 0 Å². The van der Waals surface area contributed by atoms with Gasteiger partial charge in [0.2, 0.25) is 0 Å². The number of halogens is 4. The first kappa shape index (κ1) is 16.5. The van der Waals surface area contributed by atoms with Crippen LogP contribution in [0.15, 0.2) is 29.2 Å². The summed E-state index contributed by atoms with van der Waals surface area (Å²) < 4.78 is 64.0. The van der Waals surface area contributed by atoms with E-state index in [-0.39, 0.29) is 9.92 Å². The summed E-state index contributed by atoms with van der Waals surface area (Å²) in [5, 5.41) is 8.27. The second kappa shape index (κ2) is 5.75. The van der Waals surface area contributed by atoms with E-state index in [9.17, 15) is 21.6 Å². The van der Waals surface area contributed by atoms with Crippen LogP contribution in [0.5, 0.6) is 0 Å².